The molecule has 1 aliphatic rings. The first-order valence-electron chi connectivity index (χ1n) is 3.85. The van der Waals surface area contributed by atoms with Gasteiger partial charge in [0.15, 0.2) is 5.82 Å². The summed E-state index contributed by atoms with van der Waals surface area (Å²) < 4.78 is 0. The molecular formula is C7H9N5O. The third-order valence-corrected chi connectivity index (χ3v) is 1.70. The van der Waals surface area contributed by atoms with Gasteiger partial charge in [-0.05, 0) is 0 Å². The van der Waals surface area contributed by atoms with E-state index in [1.165, 1.54) is 0 Å². The standard InChI is InChI=1S/C7H9N5O/c8-7-11-4(3-13)5-6(12-7)10-2-1-9-5/h1,13H,2-3H2,(H3,8,10,11,12). The van der Waals surface area contributed by atoms with Crippen LogP contribution in [0.25, 0.3) is 0 Å². The summed E-state index contributed by atoms with van der Waals surface area (Å²) in [5, 5.41) is 12.0. The molecular weight excluding hydrogens is 170 g/mol. The minimum Gasteiger partial charge on any atom is -0.390 e. The maximum Gasteiger partial charge on any atom is 0.222 e. The monoisotopic (exact) mass is 179 g/mol. The zero-order valence-corrected chi connectivity index (χ0v) is 6.86. The number of aliphatic hydroxyl groups excluding tert-OH is 1. The predicted molar refractivity (Wildman–Crippen MR) is 49.0 cm³/mol. The van der Waals surface area contributed by atoms with Crippen LogP contribution < -0.4 is 11.1 Å². The Hall–Kier alpha value is -1.69. The van der Waals surface area contributed by atoms with Crippen molar-refractivity contribution in [3.8, 4) is 0 Å². The number of anilines is 2. The topological polar surface area (TPSA) is 96.4 Å². The van der Waals surface area contributed by atoms with Crippen LogP contribution in [0.5, 0.6) is 0 Å². The van der Waals surface area contributed by atoms with Crippen molar-refractivity contribution in [2.45, 2.75) is 6.61 Å². The molecule has 68 valence electrons. The molecule has 0 aromatic carbocycles. The molecule has 1 aliphatic heterocycles. The summed E-state index contributed by atoms with van der Waals surface area (Å²) in [4.78, 5) is 11.9. The van der Waals surface area contributed by atoms with Crippen molar-refractivity contribution in [3.63, 3.8) is 0 Å². The highest BCUT2D eigenvalue weighted by molar-refractivity contribution is 5.79. The molecule has 0 fully saturated rings. The number of aliphatic imine (C=N–C) groups is 1. The van der Waals surface area contributed by atoms with E-state index < -0.39 is 0 Å². The third-order valence-electron chi connectivity index (χ3n) is 1.70. The van der Waals surface area contributed by atoms with Gasteiger partial charge in [0.1, 0.15) is 5.69 Å². The molecule has 1 aromatic rings. The van der Waals surface area contributed by atoms with Crippen LogP contribution in [-0.2, 0) is 6.61 Å². The number of nitrogens with one attached hydrogen (secondary N) is 1. The number of fused-ring (bicyclic) bond motifs is 1. The molecule has 0 saturated carbocycles. The van der Waals surface area contributed by atoms with E-state index in [0.717, 1.165) is 0 Å². The van der Waals surface area contributed by atoms with Gasteiger partial charge in [0.25, 0.3) is 0 Å². The van der Waals surface area contributed by atoms with Gasteiger partial charge in [0, 0.05) is 6.21 Å². The summed E-state index contributed by atoms with van der Waals surface area (Å²) in [5.74, 6) is 0.728. The van der Waals surface area contributed by atoms with Crippen molar-refractivity contribution in [1.82, 2.24) is 9.97 Å². The average Bonchev–Trinajstić information content (AvgIpc) is 2.16. The van der Waals surface area contributed by atoms with Crippen molar-refractivity contribution in [2.24, 2.45) is 4.99 Å². The van der Waals surface area contributed by atoms with E-state index in [9.17, 15) is 0 Å². The number of nitrogen functional groups attached to an aromatic ring is 1. The molecule has 4 N–H and O–H groups in total. The highest BCUT2D eigenvalue weighted by Crippen LogP contribution is 2.28. The molecule has 0 unspecified atom stereocenters. The largest absolute Gasteiger partial charge is 0.390 e. The fourth-order valence-corrected chi connectivity index (χ4v) is 1.17. The summed E-state index contributed by atoms with van der Waals surface area (Å²) in [6, 6.07) is 0. The number of aromatic nitrogens is 2. The molecule has 0 aliphatic carbocycles. The lowest BCUT2D eigenvalue weighted by atomic mass is 10.3. The summed E-state index contributed by atoms with van der Waals surface area (Å²) in [6.07, 6.45) is 1.70. The zero-order valence-electron chi connectivity index (χ0n) is 6.86. The molecule has 6 nitrogen and oxygen atoms in total. The Morgan fingerprint density at radius 2 is 2.38 bits per heavy atom. The van der Waals surface area contributed by atoms with Gasteiger partial charge in [-0.3, -0.25) is 4.99 Å². The number of aliphatic hydroxyl groups is 1. The minimum absolute atomic E-state index is 0.146. The first-order chi connectivity index (χ1) is 6.31. The number of hydrogen-bond acceptors (Lipinski definition) is 6. The summed E-state index contributed by atoms with van der Waals surface area (Å²) in [5.41, 5.74) is 6.46. The van der Waals surface area contributed by atoms with E-state index in [4.69, 9.17) is 10.8 Å². The fourth-order valence-electron chi connectivity index (χ4n) is 1.17. The lowest BCUT2D eigenvalue weighted by Gasteiger charge is -2.13. The Morgan fingerprint density at radius 1 is 1.54 bits per heavy atom. The van der Waals surface area contributed by atoms with Crippen molar-refractivity contribution in [3.05, 3.63) is 5.69 Å². The van der Waals surface area contributed by atoms with Crippen LogP contribution in [-0.4, -0.2) is 27.8 Å². The van der Waals surface area contributed by atoms with E-state index in [0.29, 0.717) is 23.7 Å². The minimum atomic E-state index is -0.186. The number of nitrogens with zero attached hydrogens (tertiary/aromatic N) is 3. The molecule has 6 heteroatoms. The van der Waals surface area contributed by atoms with Gasteiger partial charge < -0.3 is 16.2 Å². The Kier molecular flexibility index (Phi) is 1.82. The molecule has 2 rings (SSSR count). The third kappa shape index (κ3) is 1.31. The molecule has 0 amide bonds. The first kappa shape index (κ1) is 7.93. The van der Waals surface area contributed by atoms with Crippen LogP contribution in [0.4, 0.5) is 17.5 Å². The second-order valence-electron chi connectivity index (χ2n) is 2.58. The van der Waals surface area contributed by atoms with Crippen molar-refractivity contribution >= 4 is 23.7 Å². The highest BCUT2D eigenvalue weighted by Gasteiger charge is 2.13. The van der Waals surface area contributed by atoms with Gasteiger partial charge in [0.2, 0.25) is 5.95 Å². The second-order valence-corrected chi connectivity index (χ2v) is 2.58. The smallest absolute Gasteiger partial charge is 0.222 e. The van der Waals surface area contributed by atoms with Gasteiger partial charge in [-0.25, -0.2) is 4.98 Å². The van der Waals surface area contributed by atoms with Crippen molar-refractivity contribution < 1.29 is 5.11 Å². The molecule has 2 heterocycles. The molecule has 13 heavy (non-hydrogen) atoms. The Bertz CT molecular complexity index is 362. The fraction of sp³-hybridized carbons (Fsp3) is 0.286. The summed E-state index contributed by atoms with van der Waals surface area (Å²) in [6.45, 7) is 0.433. The SMILES string of the molecule is Nc1nc(CO)c2c(n1)NCC=N2. The van der Waals surface area contributed by atoms with E-state index in [2.05, 4.69) is 20.3 Å². The molecule has 0 radical (unpaired) electrons. The number of rotatable bonds is 1. The summed E-state index contributed by atoms with van der Waals surface area (Å²) in [7, 11) is 0. The normalized spacial score (nSPS) is 13.6. The predicted octanol–water partition coefficient (Wildman–Crippen LogP) is -0.321. The lowest BCUT2D eigenvalue weighted by molar-refractivity contribution is 0.277. The van der Waals surface area contributed by atoms with Crippen molar-refractivity contribution in [2.75, 3.05) is 17.6 Å². The Morgan fingerprint density at radius 3 is 3.15 bits per heavy atom. The second kappa shape index (κ2) is 2.98. The molecule has 1 aromatic heterocycles. The van der Waals surface area contributed by atoms with E-state index >= 15 is 0 Å². The molecule has 0 spiro atoms. The van der Waals surface area contributed by atoms with Gasteiger partial charge in [0.05, 0.1) is 18.8 Å². The van der Waals surface area contributed by atoms with E-state index in [1.54, 1.807) is 6.21 Å². The van der Waals surface area contributed by atoms with Crippen molar-refractivity contribution in [1.29, 1.82) is 0 Å². The first-order valence-corrected chi connectivity index (χ1v) is 3.85. The lowest BCUT2D eigenvalue weighted by Crippen LogP contribution is -2.12. The van der Waals surface area contributed by atoms with Gasteiger partial charge in [-0.2, -0.15) is 4.98 Å². The average molecular weight is 179 g/mol. The molecule has 0 atom stereocenters. The van der Waals surface area contributed by atoms with Crippen LogP contribution in [0, 0.1) is 0 Å². The quantitative estimate of drug-likeness (QED) is 0.549. The van der Waals surface area contributed by atoms with Crippen LogP contribution in [0.1, 0.15) is 5.69 Å². The highest BCUT2D eigenvalue weighted by atomic mass is 16.3. The van der Waals surface area contributed by atoms with Gasteiger partial charge in [-0.1, -0.05) is 0 Å². The van der Waals surface area contributed by atoms with E-state index in [-0.39, 0.29) is 12.6 Å². The van der Waals surface area contributed by atoms with E-state index in [1.807, 2.05) is 0 Å². The zero-order chi connectivity index (χ0) is 9.26. The Labute approximate surface area is 74.5 Å². The van der Waals surface area contributed by atoms with Crippen LogP contribution in [0.3, 0.4) is 0 Å². The number of nitrogens with two attached hydrogens (primary N) is 1. The van der Waals surface area contributed by atoms with Gasteiger partial charge >= 0.3 is 0 Å². The van der Waals surface area contributed by atoms with Crippen LogP contribution >= 0.6 is 0 Å². The number of hydrogen-bond donors (Lipinski definition) is 3. The maximum atomic E-state index is 8.97. The van der Waals surface area contributed by atoms with Gasteiger partial charge in [-0.15, -0.1) is 0 Å². The van der Waals surface area contributed by atoms with Crippen LogP contribution in [0.2, 0.25) is 0 Å². The Balaban J connectivity index is 2.59. The molecule has 0 bridgehead atoms. The maximum absolute atomic E-state index is 8.97. The summed E-state index contributed by atoms with van der Waals surface area (Å²) >= 11 is 0. The molecule has 0 saturated heterocycles. The van der Waals surface area contributed by atoms with Crippen LogP contribution in [0.15, 0.2) is 4.99 Å².